The number of carbonyl (C=O) groups is 2. The Labute approximate surface area is 116 Å². The standard InChI is InChI=1S/C14H16N4O2/c15-13(19)11-6-12(14(16)20)9-18(8-11)5-3-10-2-1-4-17-7-10/h1-2,4,6-8H,3,5,9H2,(H2,15,19)(H2,16,20). The second-order valence-electron chi connectivity index (χ2n) is 4.56. The van der Waals surface area contributed by atoms with Gasteiger partial charge >= 0.3 is 0 Å². The van der Waals surface area contributed by atoms with Crippen LogP contribution in [-0.2, 0) is 16.0 Å². The van der Waals surface area contributed by atoms with Gasteiger partial charge in [0.2, 0.25) is 11.8 Å². The molecule has 0 radical (unpaired) electrons. The van der Waals surface area contributed by atoms with Crippen LogP contribution < -0.4 is 11.5 Å². The minimum atomic E-state index is -0.574. The maximum atomic E-state index is 11.3. The molecule has 6 nitrogen and oxygen atoms in total. The van der Waals surface area contributed by atoms with Crippen molar-refractivity contribution in [3.05, 3.63) is 53.5 Å². The normalized spacial score (nSPS) is 14.5. The molecule has 0 saturated carbocycles. The molecule has 0 spiro atoms. The van der Waals surface area contributed by atoms with E-state index in [1.807, 2.05) is 17.0 Å². The quantitative estimate of drug-likeness (QED) is 0.769. The summed E-state index contributed by atoms with van der Waals surface area (Å²) in [6.45, 7) is 1.03. The maximum absolute atomic E-state index is 11.3. The first-order valence-corrected chi connectivity index (χ1v) is 6.21. The van der Waals surface area contributed by atoms with Crippen LogP contribution in [-0.4, -0.2) is 34.8 Å². The van der Waals surface area contributed by atoms with E-state index in [1.54, 1.807) is 18.6 Å². The van der Waals surface area contributed by atoms with Crippen LogP contribution in [0.25, 0.3) is 0 Å². The highest BCUT2D eigenvalue weighted by atomic mass is 16.1. The first-order valence-electron chi connectivity index (χ1n) is 6.21. The fraction of sp³-hybridized carbons (Fsp3) is 0.214. The van der Waals surface area contributed by atoms with Crippen molar-refractivity contribution >= 4 is 11.8 Å². The minimum absolute atomic E-state index is 0.288. The molecule has 1 aliphatic rings. The van der Waals surface area contributed by atoms with Crippen molar-refractivity contribution in [2.45, 2.75) is 6.42 Å². The Hall–Kier alpha value is -2.63. The number of hydrogen-bond acceptors (Lipinski definition) is 4. The molecular weight excluding hydrogens is 256 g/mol. The van der Waals surface area contributed by atoms with Gasteiger partial charge in [-0.3, -0.25) is 14.6 Å². The second kappa shape index (κ2) is 6.01. The molecule has 0 unspecified atom stereocenters. The van der Waals surface area contributed by atoms with Crippen molar-refractivity contribution < 1.29 is 9.59 Å². The van der Waals surface area contributed by atoms with Gasteiger partial charge in [0, 0.05) is 37.3 Å². The molecule has 6 heteroatoms. The molecule has 2 amide bonds. The van der Waals surface area contributed by atoms with Gasteiger partial charge in [0.15, 0.2) is 0 Å². The smallest absolute Gasteiger partial charge is 0.250 e. The van der Waals surface area contributed by atoms with Crippen molar-refractivity contribution in [2.24, 2.45) is 11.5 Å². The Balaban J connectivity index is 2.07. The monoisotopic (exact) mass is 272 g/mol. The molecule has 0 aliphatic carbocycles. The highest BCUT2D eigenvalue weighted by molar-refractivity contribution is 6.00. The van der Waals surface area contributed by atoms with Crippen molar-refractivity contribution in [3.8, 4) is 0 Å². The van der Waals surface area contributed by atoms with Gasteiger partial charge in [0.25, 0.3) is 0 Å². The first kappa shape index (κ1) is 13.8. The zero-order valence-corrected chi connectivity index (χ0v) is 11.0. The van der Waals surface area contributed by atoms with Crippen LogP contribution in [0.3, 0.4) is 0 Å². The van der Waals surface area contributed by atoms with E-state index in [0.717, 1.165) is 12.0 Å². The van der Waals surface area contributed by atoms with E-state index >= 15 is 0 Å². The fourth-order valence-electron chi connectivity index (χ4n) is 1.98. The van der Waals surface area contributed by atoms with Crippen LogP contribution in [0.15, 0.2) is 47.9 Å². The number of nitrogens with zero attached hydrogens (tertiary/aromatic N) is 2. The molecule has 0 saturated heterocycles. The van der Waals surface area contributed by atoms with E-state index in [9.17, 15) is 9.59 Å². The first-order chi connectivity index (χ1) is 9.56. The zero-order chi connectivity index (χ0) is 14.5. The summed E-state index contributed by atoms with van der Waals surface area (Å²) in [7, 11) is 0. The number of carbonyl (C=O) groups excluding carboxylic acids is 2. The van der Waals surface area contributed by atoms with Gasteiger partial charge in [-0.15, -0.1) is 0 Å². The molecule has 0 fully saturated rings. The van der Waals surface area contributed by atoms with E-state index in [-0.39, 0.29) is 5.57 Å². The molecule has 2 heterocycles. The maximum Gasteiger partial charge on any atom is 0.250 e. The molecule has 1 aromatic heterocycles. The predicted molar refractivity (Wildman–Crippen MR) is 74.1 cm³/mol. The fourth-order valence-corrected chi connectivity index (χ4v) is 1.98. The average Bonchev–Trinajstić information content (AvgIpc) is 2.45. The second-order valence-corrected chi connectivity index (χ2v) is 4.56. The predicted octanol–water partition coefficient (Wildman–Crippen LogP) is -0.279. The lowest BCUT2D eigenvalue weighted by Gasteiger charge is -2.25. The van der Waals surface area contributed by atoms with Gasteiger partial charge in [-0.2, -0.15) is 0 Å². The van der Waals surface area contributed by atoms with Crippen molar-refractivity contribution in [1.29, 1.82) is 0 Å². The molecule has 1 aromatic rings. The van der Waals surface area contributed by atoms with E-state index in [2.05, 4.69) is 4.98 Å². The van der Waals surface area contributed by atoms with Crippen LogP contribution in [0.1, 0.15) is 5.56 Å². The van der Waals surface area contributed by atoms with E-state index in [0.29, 0.717) is 18.7 Å². The lowest BCUT2D eigenvalue weighted by Crippen LogP contribution is -2.33. The number of hydrogen-bond donors (Lipinski definition) is 2. The summed E-state index contributed by atoms with van der Waals surface area (Å²) in [5.41, 5.74) is 12.3. The van der Waals surface area contributed by atoms with Crippen LogP contribution in [0, 0.1) is 0 Å². The topological polar surface area (TPSA) is 102 Å². The Bertz CT molecular complexity index is 578. The molecule has 0 bridgehead atoms. The third-order valence-electron chi connectivity index (χ3n) is 3.04. The molecule has 104 valence electrons. The number of rotatable bonds is 5. The third-order valence-corrected chi connectivity index (χ3v) is 3.04. The molecule has 4 N–H and O–H groups in total. The van der Waals surface area contributed by atoms with Gasteiger partial charge in [-0.25, -0.2) is 0 Å². The summed E-state index contributed by atoms with van der Waals surface area (Å²) < 4.78 is 0. The minimum Gasteiger partial charge on any atom is -0.372 e. The summed E-state index contributed by atoms with van der Waals surface area (Å²) in [6.07, 6.45) is 7.36. The van der Waals surface area contributed by atoms with Gasteiger partial charge in [0.1, 0.15) is 0 Å². The third kappa shape index (κ3) is 3.44. The summed E-state index contributed by atoms with van der Waals surface area (Å²) in [5, 5.41) is 0. The Morgan fingerprint density at radius 3 is 2.70 bits per heavy atom. The van der Waals surface area contributed by atoms with Crippen LogP contribution in [0.2, 0.25) is 0 Å². The largest absolute Gasteiger partial charge is 0.372 e. The lowest BCUT2D eigenvalue weighted by molar-refractivity contribution is -0.114. The van der Waals surface area contributed by atoms with Crippen LogP contribution in [0.5, 0.6) is 0 Å². The molecular formula is C14H16N4O2. The number of nitrogens with two attached hydrogens (primary N) is 2. The van der Waals surface area contributed by atoms with Gasteiger partial charge in [-0.05, 0) is 24.1 Å². The Morgan fingerprint density at radius 1 is 1.30 bits per heavy atom. The lowest BCUT2D eigenvalue weighted by atomic mass is 10.1. The highest BCUT2D eigenvalue weighted by Crippen LogP contribution is 2.14. The zero-order valence-electron chi connectivity index (χ0n) is 11.0. The number of aromatic nitrogens is 1. The van der Waals surface area contributed by atoms with E-state index in [1.165, 1.54) is 6.08 Å². The number of pyridine rings is 1. The van der Waals surface area contributed by atoms with Crippen molar-refractivity contribution in [2.75, 3.05) is 13.1 Å². The van der Waals surface area contributed by atoms with Gasteiger partial charge < -0.3 is 16.4 Å². The molecule has 0 atom stereocenters. The summed E-state index contributed by atoms with van der Waals surface area (Å²) >= 11 is 0. The van der Waals surface area contributed by atoms with Crippen LogP contribution in [0.4, 0.5) is 0 Å². The molecule has 1 aliphatic heterocycles. The van der Waals surface area contributed by atoms with E-state index < -0.39 is 11.8 Å². The molecule has 0 aromatic carbocycles. The SMILES string of the molecule is NC(=O)C1=CN(CCc2cccnc2)CC(C(N)=O)=C1. The van der Waals surface area contributed by atoms with Crippen LogP contribution >= 0.6 is 0 Å². The number of amides is 2. The van der Waals surface area contributed by atoms with Gasteiger partial charge in [-0.1, -0.05) is 6.07 Å². The Morgan fingerprint density at radius 2 is 2.10 bits per heavy atom. The average molecular weight is 272 g/mol. The molecule has 2 rings (SSSR count). The summed E-state index contributed by atoms with van der Waals surface area (Å²) in [4.78, 5) is 28.4. The van der Waals surface area contributed by atoms with Gasteiger partial charge in [0.05, 0.1) is 5.57 Å². The molecule has 20 heavy (non-hydrogen) atoms. The van der Waals surface area contributed by atoms with Crippen molar-refractivity contribution in [1.82, 2.24) is 9.88 Å². The van der Waals surface area contributed by atoms with Crippen molar-refractivity contribution in [3.63, 3.8) is 0 Å². The number of primary amides is 2. The highest BCUT2D eigenvalue weighted by Gasteiger charge is 2.18. The van der Waals surface area contributed by atoms with E-state index in [4.69, 9.17) is 11.5 Å². The Kier molecular flexibility index (Phi) is 4.14. The summed E-state index contributed by atoms with van der Waals surface area (Å²) in [5.74, 6) is -1.11. The summed E-state index contributed by atoms with van der Waals surface area (Å²) in [6, 6.07) is 3.84.